The van der Waals surface area contributed by atoms with E-state index in [4.69, 9.17) is 5.11 Å². The lowest BCUT2D eigenvalue weighted by Crippen LogP contribution is -1.94. The van der Waals surface area contributed by atoms with Crippen LogP contribution in [0.3, 0.4) is 0 Å². The van der Waals surface area contributed by atoms with Gasteiger partial charge in [0.25, 0.3) is 0 Å². The van der Waals surface area contributed by atoms with Gasteiger partial charge in [-0.3, -0.25) is 9.48 Å². The van der Waals surface area contributed by atoms with Gasteiger partial charge >= 0.3 is 0 Å². The molecule has 1 heterocycles. The standard InChI is InChI=1S/C11H10N2O2/c1-13-11(9(7-14)6-12-13)8-2-4-10(15)5-3-8/h2-7,15H,1H3. The Balaban J connectivity index is 2.57. The van der Waals surface area contributed by atoms with Crippen molar-refractivity contribution in [2.75, 3.05) is 0 Å². The summed E-state index contributed by atoms with van der Waals surface area (Å²) in [6, 6.07) is 6.66. The van der Waals surface area contributed by atoms with Gasteiger partial charge in [-0.05, 0) is 24.3 Å². The van der Waals surface area contributed by atoms with E-state index in [0.717, 1.165) is 17.5 Å². The lowest BCUT2D eigenvalue weighted by atomic mass is 10.1. The number of aldehydes is 1. The molecule has 1 N–H and O–H groups in total. The smallest absolute Gasteiger partial charge is 0.153 e. The molecule has 0 bridgehead atoms. The quantitative estimate of drug-likeness (QED) is 0.752. The molecule has 1 aromatic carbocycles. The zero-order valence-electron chi connectivity index (χ0n) is 8.21. The average molecular weight is 202 g/mol. The summed E-state index contributed by atoms with van der Waals surface area (Å²) in [7, 11) is 1.77. The van der Waals surface area contributed by atoms with Crippen molar-refractivity contribution in [3.8, 4) is 17.0 Å². The number of phenols is 1. The van der Waals surface area contributed by atoms with Crippen LogP contribution in [0.1, 0.15) is 10.4 Å². The van der Waals surface area contributed by atoms with E-state index < -0.39 is 0 Å². The summed E-state index contributed by atoms with van der Waals surface area (Å²) in [5.74, 6) is 0.202. The average Bonchev–Trinajstić information content (AvgIpc) is 2.61. The molecule has 0 radical (unpaired) electrons. The van der Waals surface area contributed by atoms with Crippen LogP contribution in [0.25, 0.3) is 11.3 Å². The Morgan fingerprint density at radius 1 is 1.33 bits per heavy atom. The maximum Gasteiger partial charge on any atom is 0.153 e. The molecule has 0 saturated carbocycles. The molecule has 1 aromatic heterocycles. The fraction of sp³-hybridized carbons (Fsp3) is 0.0909. The molecular weight excluding hydrogens is 192 g/mol. The normalized spacial score (nSPS) is 10.2. The third-order valence-corrected chi connectivity index (χ3v) is 2.23. The van der Waals surface area contributed by atoms with Crippen LogP contribution in [0, 0.1) is 0 Å². The van der Waals surface area contributed by atoms with Crippen LogP contribution < -0.4 is 0 Å². The Morgan fingerprint density at radius 3 is 2.60 bits per heavy atom. The summed E-state index contributed by atoms with van der Waals surface area (Å²) >= 11 is 0. The van der Waals surface area contributed by atoms with Crippen molar-refractivity contribution >= 4 is 6.29 Å². The second-order valence-corrected chi connectivity index (χ2v) is 3.24. The summed E-state index contributed by atoms with van der Waals surface area (Å²) in [6.07, 6.45) is 2.30. The first-order valence-electron chi connectivity index (χ1n) is 4.49. The molecule has 15 heavy (non-hydrogen) atoms. The highest BCUT2D eigenvalue weighted by Gasteiger charge is 2.09. The number of phenolic OH excluding ortho intramolecular Hbond substituents is 1. The van der Waals surface area contributed by atoms with Gasteiger partial charge in [0.2, 0.25) is 0 Å². The molecule has 0 atom stereocenters. The van der Waals surface area contributed by atoms with Crippen molar-refractivity contribution in [1.29, 1.82) is 0 Å². The topological polar surface area (TPSA) is 55.1 Å². The monoisotopic (exact) mass is 202 g/mol. The molecule has 0 amide bonds. The summed E-state index contributed by atoms with van der Waals surface area (Å²) in [6.45, 7) is 0. The zero-order chi connectivity index (χ0) is 10.8. The molecule has 0 aliphatic heterocycles. The molecule has 0 unspecified atom stereocenters. The van der Waals surface area contributed by atoms with Crippen molar-refractivity contribution in [2.45, 2.75) is 0 Å². The Morgan fingerprint density at radius 2 is 2.00 bits per heavy atom. The van der Waals surface area contributed by atoms with Gasteiger partial charge in [0, 0.05) is 12.6 Å². The molecule has 4 nitrogen and oxygen atoms in total. The maximum atomic E-state index is 10.8. The summed E-state index contributed by atoms with van der Waals surface area (Å²) in [4.78, 5) is 10.8. The number of rotatable bonds is 2. The fourth-order valence-corrected chi connectivity index (χ4v) is 1.51. The van der Waals surface area contributed by atoms with Crippen molar-refractivity contribution in [3.63, 3.8) is 0 Å². The molecule has 0 spiro atoms. The Bertz CT molecular complexity index is 486. The van der Waals surface area contributed by atoms with Gasteiger partial charge in [0.15, 0.2) is 6.29 Å². The van der Waals surface area contributed by atoms with Gasteiger partial charge < -0.3 is 5.11 Å². The lowest BCUT2D eigenvalue weighted by Gasteiger charge is -2.03. The van der Waals surface area contributed by atoms with Gasteiger partial charge in [0.05, 0.1) is 17.5 Å². The minimum absolute atomic E-state index is 0.202. The predicted octanol–water partition coefficient (Wildman–Crippen LogP) is 1.61. The number of hydrogen-bond acceptors (Lipinski definition) is 3. The minimum atomic E-state index is 0.202. The van der Waals surface area contributed by atoms with E-state index in [0.29, 0.717) is 5.56 Å². The SMILES string of the molecule is Cn1ncc(C=O)c1-c1ccc(O)cc1. The van der Waals surface area contributed by atoms with Crippen LogP contribution in [-0.4, -0.2) is 21.2 Å². The van der Waals surface area contributed by atoms with Gasteiger partial charge in [-0.15, -0.1) is 0 Å². The molecule has 0 saturated heterocycles. The van der Waals surface area contributed by atoms with Crippen molar-refractivity contribution < 1.29 is 9.90 Å². The van der Waals surface area contributed by atoms with E-state index in [1.807, 2.05) is 0 Å². The Kier molecular flexibility index (Phi) is 2.25. The van der Waals surface area contributed by atoms with Gasteiger partial charge in [-0.1, -0.05) is 0 Å². The summed E-state index contributed by atoms with van der Waals surface area (Å²) in [5, 5.41) is 13.2. The molecule has 76 valence electrons. The fourth-order valence-electron chi connectivity index (χ4n) is 1.51. The predicted molar refractivity (Wildman–Crippen MR) is 55.7 cm³/mol. The molecular formula is C11H10N2O2. The first-order chi connectivity index (χ1) is 7.22. The summed E-state index contributed by atoms with van der Waals surface area (Å²) in [5.41, 5.74) is 2.16. The van der Waals surface area contributed by atoms with Crippen LogP contribution >= 0.6 is 0 Å². The first kappa shape index (κ1) is 9.45. The Labute approximate surface area is 86.8 Å². The third-order valence-electron chi connectivity index (χ3n) is 2.23. The highest BCUT2D eigenvalue weighted by molar-refractivity contribution is 5.85. The molecule has 2 aromatic rings. The minimum Gasteiger partial charge on any atom is -0.508 e. The number of nitrogens with zero attached hydrogens (tertiary/aromatic N) is 2. The van der Waals surface area contributed by atoms with E-state index >= 15 is 0 Å². The third kappa shape index (κ3) is 1.61. The molecule has 4 heteroatoms. The van der Waals surface area contributed by atoms with Crippen LogP contribution in [-0.2, 0) is 7.05 Å². The Hall–Kier alpha value is -2.10. The first-order valence-corrected chi connectivity index (χ1v) is 4.49. The molecule has 0 aliphatic carbocycles. The summed E-state index contributed by atoms with van der Waals surface area (Å²) < 4.78 is 1.64. The maximum absolute atomic E-state index is 10.8. The number of carbonyl (C=O) groups is 1. The number of aromatic nitrogens is 2. The van der Waals surface area contributed by atoms with Crippen LogP contribution in [0.2, 0.25) is 0 Å². The van der Waals surface area contributed by atoms with E-state index in [2.05, 4.69) is 5.10 Å². The number of hydrogen-bond donors (Lipinski definition) is 1. The van der Waals surface area contributed by atoms with Crippen molar-refractivity contribution in [1.82, 2.24) is 9.78 Å². The van der Waals surface area contributed by atoms with Gasteiger partial charge in [-0.2, -0.15) is 5.10 Å². The van der Waals surface area contributed by atoms with E-state index in [1.54, 1.807) is 36.0 Å². The number of benzene rings is 1. The second kappa shape index (κ2) is 3.57. The van der Waals surface area contributed by atoms with Crippen molar-refractivity contribution in [3.05, 3.63) is 36.0 Å². The second-order valence-electron chi connectivity index (χ2n) is 3.24. The highest BCUT2D eigenvalue weighted by atomic mass is 16.3. The lowest BCUT2D eigenvalue weighted by molar-refractivity contribution is 0.112. The van der Waals surface area contributed by atoms with Crippen molar-refractivity contribution in [2.24, 2.45) is 7.05 Å². The largest absolute Gasteiger partial charge is 0.508 e. The van der Waals surface area contributed by atoms with Gasteiger partial charge in [-0.25, -0.2) is 0 Å². The van der Waals surface area contributed by atoms with Crippen LogP contribution in [0.5, 0.6) is 5.75 Å². The van der Waals surface area contributed by atoms with E-state index in [9.17, 15) is 4.79 Å². The van der Waals surface area contributed by atoms with Crippen LogP contribution in [0.15, 0.2) is 30.5 Å². The molecule has 0 aliphatic rings. The van der Waals surface area contributed by atoms with E-state index in [1.165, 1.54) is 6.20 Å². The van der Waals surface area contributed by atoms with Crippen LogP contribution in [0.4, 0.5) is 0 Å². The number of aryl methyl sites for hydroxylation is 1. The van der Waals surface area contributed by atoms with E-state index in [-0.39, 0.29) is 5.75 Å². The number of aromatic hydroxyl groups is 1. The highest BCUT2D eigenvalue weighted by Crippen LogP contribution is 2.23. The number of carbonyl (C=O) groups excluding carboxylic acids is 1. The van der Waals surface area contributed by atoms with Gasteiger partial charge in [0.1, 0.15) is 5.75 Å². The molecule has 2 rings (SSSR count). The molecule has 0 fully saturated rings. The zero-order valence-corrected chi connectivity index (χ0v) is 8.21.